The molecule has 0 fully saturated rings. The first-order chi connectivity index (χ1) is 7.29. The Balaban J connectivity index is 3.81. The molecular formula is C7H2ClFN2O4S. The van der Waals surface area contributed by atoms with Gasteiger partial charge in [0.2, 0.25) is 0 Å². The van der Waals surface area contributed by atoms with Gasteiger partial charge in [-0.1, -0.05) is 0 Å². The fraction of sp³-hybridized carbons (Fsp3) is 0. The number of benzene rings is 1. The van der Waals surface area contributed by atoms with E-state index in [1.54, 1.807) is 0 Å². The van der Waals surface area contributed by atoms with Crippen molar-refractivity contribution in [3.8, 4) is 6.07 Å². The lowest BCUT2D eigenvalue weighted by atomic mass is 10.2. The van der Waals surface area contributed by atoms with Crippen LogP contribution in [0.15, 0.2) is 17.0 Å². The predicted octanol–water partition coefficient (Wildman–Crippen LogP) is 1.53. The first kappa shape index (κ1) is 12.4. The van der Waals surface area contributed by atoms with Crippen LogP contribution in [0.25, 0.3) is 0 Å². The van der Waals surface area contributed by atoms with Crippen molar-refractivity contribution in [2.24, 2.45) is 0 Å². The second-order valence-electron chi connectivity index (χ2n) is 2.58. The highest BCUT2D eigenvalue weighted by Gasteiger charge is 2.28. The van der Waals surface area contributed by atoms with Crippen LogP contribution in [-0.2, 0) is 9.05 Å². The van der Waals surface area contributed by atoms with E-state index in [9.17, 15) is 22.9 Å². The molecule has 0 aromatic heterocycles. The van der Waals surface area contributed by atoms with Gasteiger partial charge in [0, 0.05) is 16.7 Å². The maximum absolute atomic E-state index is 13.1. The molecule has 6 nitrogen and oxygen atoms in total. The van der Waals surface area contributed by atoms with Crippen molar-refractivity contribution >= 4 is 25.4 Å². The molecule has 1 rings (SSSR count). The van der Waals surface area contributed by atoms with Gasteiger partial charge in [0.15, 0.2) is 5.56 Å². The predicted molar refractivity (Wildman–Crippen MR) is 50.8 cm³/mol. The number of halogens is 2. The van der Waals surface area contributed by atoms with Crippen LogP contribution in [0.4, 0.5) is 10.1 Å². The molecule has 0 aliphatic rings. The molecule has 0 bridgehead atoms. The molecule has 1 aromatic carbocycles. The Bertz CT molecular complexity index is 608. The summed E-state index contributed by atoms with van der Waals surface area (Å²) >= 11 is 0. The second kappa shape index (κ2) is 4.03. The van der Waals surface area contributed by atoms with Crippen LogP contribution in [0.3, 0.4) is 0 Å². The molecule has 0 unspecified atom stereocenters. The molecule has 0 saturated carbocycles. The number of nitrogens with zero attached hydrogens (tertiary/aromatic N) is 2. The zero-order valence-corrected chi connectivity index (χ0v) is 8.92. The summed E-state index contributed by atoms with van der Waals surface area (Å²) < 4.78 is 35.1. The number of hydrogen-bond acceptors (Lipinski definition) is 5. The lowest BCUT2D eigenvalue weighted by Gasteiger charge is -2.01. The molecule has 0 amide bonds. The van der Waals surface area contributed by atoms with E-state index >= 15 is 0 Å². The van der Waals surface area contributed by atoms with E-state index in [4.69, 9.17) is 15.9 Å². The standard InChI is InChI=1S/C7H2ClFN2O4S/c8-16(14,15)7-4(3-10)6(11(12)13)2-1-5(7)9/h1-2H. The van der Waals surface area contributed by atoms with Crippen LogP contribution < -0.4 is 0 Å². The Morgan fingerprint density at radius 1 is 1.50 bits per heavy atom. The molecule has 84 valence electrons. The average Bonchev–Trinajstić information content (AvgIpc) is 2.14. The summed E-state index contributed by atoms with van der Waals surface area (Å²) in [4.78, 5) is 8.29. The van der Waals surface area contributed by atoms with E-state index in [2.05, 4.69) is 0 Å². The smallest absolute Gasteiger partial charge is 0.258 e. The minimum Gasteiger partial charge on any atom is -0.258 e. The maximum atomic E-state index is 13.1. The van der Waals surface area contributed by atoms with E-state index in [1.165, 1.54) is 6.07 Å². The normalized spacial score (nSPS) is 10.8. The molecule has 0 N–H and O–H groups in total. The highest BCUT2D eigenvalue weighted by Crippen LogP contribution is 2.29. The van der Waals surface area contributed by atoms with Crippen molar-refractivity contribution in [3.63, 3.8) is 0 Å². The number of nitro benzene ring substituents is 1. The van der Waals surface area contributed by atoms with Gasteiger partial charge < -0.3 is 0 Å². The Morgan fingerprint density at radius 3 is 2.44 bits per heavy atom. The Hall–Kier alpha value is -1.72. The van der Waals surface area contributed by atoms with Crippen molar-refractivity contribution in [1.82, 2.24) is 0 Å². The molecule has 16 heavy (non-hydrogen) atoms. The zero-order chi connectivity index (χ0) is 12.5. The topological polar surface area (TPSA) is 101 Å². The van der Waals surface area contributed by atoms with E-state index < -0.39 is 35.9 Å². The maximum Gasteiger partial charge on any atom is 0.288 e. The molecule has 0 spiro atoms. The van der Waals surface area contributed by atoms with Crippen LogP contribution in [-0.4, -0.2) is 13.3 Å². The van der Waals surface area contributed by atoms with E-state index in [1.807, 2.05) is 0 Å². The van der Waals surface area contributed by atoms with Crippen LogP contribution >= 0.6 is 10.7 Å². The summed E-state index contributed by atoms with van der Waals surface area (Å²) in [5.41, 5.74) is -1.73. The number of hydrogen-bond donors (Lipinski definition) is 0. The third-order valence-electron chi connectivity index (χ3n) is 1.64. The monoisotopic (exact) mass is 264 g/mol. The molecule has 0 radical (unpaired) electrons. The Labute approximate surface area is 93.4 Å². The van der Waals surface area contributed by atoms with Crippen molar-refractivity contribution in [1.29, 1.82) is 5.26 Å². The molecule has 0 saturated heterocycles. The minimum atomic E-state index is -4.56. The molecule has 0 heterocycles. The third-order valence-corrected chi connectivity index (χ3v) is 2.99. The number of nitro groups is 1. The van der Waals surface area contributed by atoms with Crippen molar-refractivity contribution in [2.45, 2.75) is 4.90 Å². The summed E-state index contributed by atoms with van der Waals surface area (Å²) in [6.45, 7) is 0. The van der Waals surface area contributed by atoms with Gasteiger partial charge >= 0.3 is 0 Å². The number of nitriles is 1. The van der Waals surface area contributed by atoms with Crippen molar-refractivity contribution in [2.75, 3.05) is 0 Å². The third kappa shape index (κ3) is 2.10. The molecule has 1 aromatic rings. The molecular weight excluding hydrogens is 263 g/mol. The summed E-state index contributed by atoms with van der Waals surface area (Å²) in [5, 5.41) is 19.1. The van der Waals surface area contributed by atoms with Gasteiger partial charge in [-0.05, 0) is 6.07 Å². The van der Waals surface area contributed by atoms with Crippen LogP contribution in [0.5, 0.6) is 0 Å². The van der Waals surface area contributed by atoms with Crippen LogP contribution in [0.1, 0.15) is 5.56 Å². The van der Waals surface area contributed by atoms with Crippen molar-refractivity contribution < 1.29 is 17.7 Å². The molecule has 0 atom stereocenters. The summed E-state index contributed by atoms with van der Waals surface area (Å²) in [5.74, 6) is -1.31. The van der Waals surface area contributed by atoms with Crippen LogP contribution in [0.2, 0.25) is 0 Å². The number of rotatable bonds is 2. The quantitative estimate of drug-likeness (QED) is 0.458. The van der Waals surface area contributed by atoms with Gasteiger partial charge in [0.1, 0.15) is 16.8 Å². The lowest BCUT2D eigenvalue weighted by Crippen LogP contribution is -2.03. The minimum absolute atomic E-state index is 0.564. The molecule has 9 heteroatoms. The first-order valence-electron chi connectivity index (χ1n) is 3.60. The van der Waals surface area contributed by atoms with Gasteiger partial charge in [0.25, 0.3) is 14.7 Å². The van der Waals surface area contributed by atoms with Crippen LogP contribution in [0, 0.1) is 27.3 Å². The Kier molecular flexibility index (Phi) is 3.11. The summed E-state index contributed by atoms with van der Waals surface area (Å²) in [7, 11) is 0.321. The van der Waals surface area contributed by atoms with Gasteiger partial charge in [-0.15, -0.1) is 0 Å². The SMILES string of the molecule is N#Cc1c([N+](=O)[O-])ccc(F)c1S(=O)(=O)Cl. The summed E-state index contributed by atoms with van der Waals surface area (Å²) in [6, 6.07) is 2.51. The summed E-state index contributed by atoms with van der Waals surface area (Å²) in [6.07, 6.45) is 0. The van der Waals surface area contributed by atoms with E-state index in [0.29, 0.717) is 12.1 Å². The van der Waals surface area contributed by atoms with Gasteiger partial charge in [-0.3, -0.25) is 10.1 Å². The second-order valence-corrected chi connectivity index (χ2v) is 5.08. The van der Waals surface area contributed by atoms with Gasteiger partial charge in [0.05, 0.1) is 4.92 Å². The largest absolute Gasteiger partial charge is 0.288 e. The van der Waals surface area contributed by atoms with E-state index in [0.717, 1.165) is 0 Å². The van der Waals surface area contributed by atoms with Gasteiger partial charge in [-0.25, -0.2) is 12.8 Å². The average molecular weight is 265 g/mol. The zero-order valence-electron chi connectivity index (χ0n) is 7.35. The van der Waals surface area contributed by atoms with Crippen molar-refractivity contribution in [3.05, 3.63) is 33.6 Å². The highest BCUT2D eigenvalue weighted by atomic mass is 35.7. The lowest BCUT2D eigenvalue weighted by molar-refractivity contribution is -0.385. The molecule has 0 aliphatic carbocycles. The fourth-order valence-corrected chi connectivity index (χ4v) is 2.19. The highest BCUT2D eigenvalue weighted by molar-refractivity contribution is 8.13. The van der Waals surface area contributed by atoms with Gasteiger partial charge in [-0.2, -0.15) is 5.26 Å². The fourth-order valence-electron chi connectivity index (χ4n) is 1.05. The Morgan fingerprint density at radius 2 is 2.06 bits per heavy atom. The first-order valence-corrected chi connectivity index (χ1v) is 5.91. The van der Waals surface area contributed by atoms with E-state index in [-0.39, 0.29) is 0 Å². The molecule has 0 aliphatic heterocycles.